The fourth-order valence-corrected chi connectivity index (χ4v) is 2.00. The maximum Gasteiger partial charge on any atom is 0.251 e. The van der Waals surface area contributed by atoms with Gasteiger partial charge in [-0.1, -0.05) is 20.8 Å². The maximum absolute atomic E-state index is 11.4. The summed E-state index contributed by atoms with van der Waals surface area (Å²) in [6.07, 6.45) is 0. The quantitative estimate of drug-likeness (QED) is 0.608. The first-order chi connectivity index (χ1) is 7.52. The second kappa shape index (κ2) is 6.06. The van der Waals surface area contributed by atoms with Crippen molar-refractivity contribution in [2.75, 3.05) is 12.4 Å². The summed E-state index contributed by atoms with van der Waals surface area (Å²) in [6.45, 7) is 6.10. The van der Waals surface area contributed by atoms with E-state index in [0.29, 0.717) is 5.82 Å². The number of aliphatic hydroxyl groups excluding tert-OH is 1. The molecule has 0 aromatic carbocycles. The number of thioether (sulfide) groups is 1. The number of nitrogens with zero attached hydrogens (tertiary/aromatic N) is 1. The van der Waals surface area contributed by atoms with Crippen LogP contribution < -0.4 is 5.56 Å². The molecule has 0 spiro atoms. The van der Waals surface area contributed by atoms with Gasteiger partial charge in [0.2, 0.25) is 0 Å². The lowest BCUT2D eigenvalue weighted by Crippen LogP contribution is -2.12. The molecule has 1 unspecified atom stereocenters. The van der Waals surface area contributed by atoms with Gasteiger partial charge in [-0.2, -0.15) is 0 Å². The van der Waals surface area contributed by atoms with Crippen LogP contribution >= 0.6 is 11.8 Å². The van der Waals surface area contributed by atoms with Crippen LogP contribution in [0.2, 0.25) is 0 Å². The molecule has 5 heteroatoms. The van der Waals surface area contributed by atoms with E-state index in [1.165, 1.54) is 17.8 Å². The molecule has 0 radical (unpaired) electrons. The minimum atomic E-state index is -0.113. The molecule has 0 saturated heterocycles. The molecule has 16 heavy (non-hydrogen) atoms. The number of aromatic amines is 1. The molecule has 1 aromatic rings. The summed E-state index contributed by atoms with van der Waals surface area (Å²) in [5.74, 6) is 1.91. The van der Waals surface area contributed by atoms with E-state index in [4.69, 9.17) is 5.11 Å². The van der Waals surface area contributed by atoms with Crippen LogP contribution in [0.25, 0.3) is 0 Å². The number of nitrogens with one attached hydrogen (secondary N) is 1. The largest absolute Gasteiger partial charge is 0.396 e. The average Bonchev–Trinajstić information content (AvgIpc) is 2.25. The van der Waals surface area contributed by atoms with E-state index in [0.717, 1.165) is 10.8 Å². The lowest BCUT2D eigenvalue weighted by molar-refractivity contribution is 0.250. The van der Waals surface area contributed by atoms with Crippen molar-refractivity contribution in [3.8, 4) is 0 Å². The summed E-state index contributed by atoms with van der Waals surface area (Å²) < 4.78 is 0. The SMILES string of the molecule is CC(CO)CSc1cc(=O)[nH]c(C(C)C)n1. The zero-order valence-electron chi connectivity index (χ0n) is 9.86. The van der Waals surface area contributed by atoms with Gasteiger partial charge in [-0.05, 0) is 5.92 Å². The summed E-state index contributed by atoms with van der Waals surface area (Å²) >= 11 is 1.51. The predicted molar refractivity (Wildman–Crippen MR) is 65.9 cm³/mol. The van der Waals surface area contributed by atoms with Crippen molar-refractivity contribution in [3.05, 3.63) is 22.2 Å². The standard InChI is InChI=1S/C11H18N2O2S/c1-7(2)11-12-9(15)4-10(13-11)16-6-8(3)5-14/h4,7-8,14H,5-6H2,1-3H3,(H,12,13,15). The minimum absolute atomic E-state index is 0.113. The molecular formula is C11H18N2O2S. The zero-order valence-corrected chi connectivity index (χ0v) is 10.7. The van der Waals surface area contributed by atoms with Crippen molar-refractivity contribution in [2.24, 2.45) is 5.92 Å². The van der Waals surface area contributed by atoms with Gasteiger partial charge in [-0.15, -0.1) is 11.8 Å². The number of aromatic nitrogens is 2. The Labute approximate surface area is 99.5 Å². The van der Waals surface area contributed by atoms with Crippen molar-refractivity contribution in [2.45, 2.75) is 31.7 Å². The number of aliphatic hydroxyl groups is 1. The fraction of sp³-hybridized carbons (Fsp3) is 0.636. The van der Waals surface area contributed by atoms with E-state index in [2.05, 4.69) is 9.97 Å². The van der Waals surface area contributed by atoms with Gasteiger partial charge in [0.05, 0.1) is 0 Å². The molecule has 90 valence electrons. The predicted octanol–water partition coefficient (Wildman–Crippen LogP) is 1.61. The van der Waals surface area contributed by atoms with Gasteiger partial charge in [-0.25, -0.2) is 4.98 Å². The molecule has 4 nitrogen and oxygen atoms in total. The van der Waals surface area contributed by atoms with Crippen molar-refractivity contribution in [1.82, 2.24) is 9.97 Å². The van der Waals surface area contributed by atoms with Crippen molar-refractivity contribution < 1.29 is 5.11 Å². The highest BCUT2D eigenvalue weighted by Gasteiger charge is 2.07. The van der Waals surface area contributed by atoms with Crippen LogP contribution in [0.5, 0.6) is 0 Å². The highest BCUT2D eigenvalue weighted by molar-refractivity contribution is 7.99. The minimum Gasteiger partial charge on any atom is -0.396 e. The van der Waals surface area contributed by atoms with Gasteiger partial charge >= 0.3 is 0 Å². The van der Waals surface area contributed by atoms with Crippen LogP contribution in [0, 0.1) is 5.92 Å². The second-order valence-electron chi connectivity index (χ2n) is 4.22. The van der Waals surface area contributed by atoms with Crippen LogP contribution in [-0.4, -0.2) is 27.4 Å². The van der Waals surface area contributed by atoms with Gasteiger partial charge in [0, 0.05) is 24.3 Å². The number of hydrogen-bond acceptors (Lipinski definition) is 4. The van der Waals surface area contributed by atoms with Crippen LogP contribution in [-0.2, 0) is 0 Å². The zero-order chi connectivity index (χ0) is 12.1. The summed E-state index contributed by atoms with van der Waals surface area (Å²) in [5, 5.41) is 9.64. The van der Waals surface area contributed by atoms with Crippen molar-refractivity contribution in [3.63, 3.8) is 0 Å². The molecule has 0 saturated carbocycles. The molecule has 2 N–H and O–H groups in total. The molecule has 0 bridgehead atoms. The number of hydrogen-bond donors (Lipinski definition) is 2. The Kier molecular flexibility index (Phi) is 5.02. The first-order valence-electron chi connectivity index (χ1n) is 5.37. The van der Waals surface area contributed by atoms with Crippen LogP contribution in [0.4, 0.5) is 0 Å². The topological polar surface area (TPSA) is 66.0 Å². The van der Waals surface area contributed by atoms with E-state index < -0.39 is 0 Å². The first kappa shape index (κ1) is 13.3. The Morgan fingerprint density at radius 3 is 2.75 bits per heavy atom. The van der Waals surface area contributed by atoms with Crippen LogP contribution in [0.3, 0.4) is 0 Å². The molecule has 1 aromatic heterocycles. The van der Waals surface area contributed by atoms with Crippen LogP contribution in [0.15, 0.2) is 15.9 Å². The summed E-state index contributed by atoms with van der Waals surface area (Å²) in [6, 6.07) is 1.50. The summed E-state index contributed by atoms with van der Waals surface area (Å²) in [4.78, 5) is 18.5. The number of H-pyrrole nitrogens is 1. The van der Waals surface area contributed by atoms with Crippen LogP contribution in [0.1, 0.15) is 32.5 Å². The number of rotatable bonds is 5. The van der Waals surface area contributed by atoms with Gasteiger partial charge < -0.3 is 10.1 Å². The second-order valence-corrected chi connectivity index (χ2v) is 5.26. The molecule has 1 rings (SSSR count). The Balaban J connectivity index is 2.77. The van der Waals surface area contributed by atoms with Gasteiger partial charge in [0.15, 0.2) is 0 Å². The molecular weight excluding hydrogens is 224 g/mol. The summed E-state index contributed by atoms with van der Waals surface area (Å²) in [5.41, 5.74) is -0.113. The smallest absolute Gasteiger partial charge is 0.251 e. The van der Waals surface area contributed by atoms with Gasteiger partial charge in [-0.3, -0.25) is 4.79 Å². The molecule has 0 aliphatic rings. The Hall–Kier alpha value is -0.810. The normalized spacial score (nSPS) is 13.1. The van der Waals surface area contributed by atoms with E-state index >= 15 is 0 Å². The van der Waals surface area contributed by atoms with E-state index in [1.807, 2.05) is 20.8 Å². The average molecular weight is 242 g/mol. The molecule has 0 fully saturated rings. The monoisotopic (exact) mass is 242 g/mol. The third-order valence-corrected chi connectivity index (χ3v) is 3.35. The highest BCUT2D eigenvalue weighted by Crippen LogP contribution is 2.18. The molecule has 0 aliphatic carbocycles. The highest BCUT2D eigenvalue weighted by atomic mass is 32.2. The Morgan fingerprint density at radius 1 is 1.50 bits per heavy atom. The third-order valence-electron chi connectivity index (χ3n) is 2.11. The summed E-state index contributed by atoms with van der Waals surface area (Å²) in [7, 11) is 0. The Morgan fingerprint density at radius 2 is 2.19 bits per heavy atom. The molecule has 0 aliphatic heterocycles. The third kappa shape index (κ3) is 3.98. The first-order valence-corrected chi connectivity index (χ1v) is 6.36. The van der Waals surface area contributed by atoms with Crippen molar-refractivity contribution in [1.29, 1.82) is 0 Å². The van der Waals surface area contributed by atoms with E-state index in [9.17, 15) is 4.79 Å². The molecule has 1 atom stereocenters. The van der Waals surface area contributed by atoms with E-state index in [-0.39, 0.29) is 24.0 Å². The van der Waals surface area contributed by atoms with Crippen molar-refractivity contribution >= 4 is 11.8 Å². The lowest BCUT2D eigenvalue weighted by atomic mass is 10.2. The fourth-order valence-electron chi connectivity index (χ4n) is 1.08. The maximum atomic E-state index is 11.4. The Bertz CT molecular complexity index is 390. The lowest BCUT2D eigenvalue weighted by Gasteiger charge is -2.08. The van der Waals surface area contributed by atoms with Gasteiger partial charge in [0.25, 0.3) is 5.56 Å². The van der Waals surface area contributed by atoms with E-state index in [1.54, 1.807) is 0 Å². The molecule has 1 heterocycles. The molecule has 0 amide bonds. The van der Waals surface area contributed by atoms with Gasteiger partial charge in [0.1, 0.15) is 10.9 Å².